The van der Waals surface area contributed by atoms with E-state index >= 15 is 0 Å². The summed E-state index contributed by atoms with van der Waals surface area (Å²) < 4.78 is 51.4. The lowest BCUT2D eigenvalue weighted by Gasteiger charge is -2.21. The van der Waals surface area contributed by atoms with Gasteiger partial charge in [0.05, 0.1) is 5.56 Å². The molecule has 2 aromatic rings. The molecule has 2 aromatic carbocycles. The van der Waals surface area contributed by atoms with Gasteiger partial charge in [0.15, 0.2) is 0 Å². The molecule has 0 heterocycles. The fourth-order valence-corrected chi connectivity index (χ4v) is 2.33. The van der Waals surface area contributed by atoms with Gasteiger partial charge in [0.2, 0.25) is 0 Å². The van der Waals surface area contributed by atoms with Crippen LogP contribution < -0.4 is 5.32 Å². The average Bonchev–Trinajstić information content (AvgIpc) is 2.46. The van der Waals surface area contributed by atoms with Gasteiger partial charge in [0, 0.05) is 12.1 Å². The third-order valence-electron chi connectivity index (χ3n) is 3.56. The van der Waals surface area contributed by atoms with E-state index in [1.165, 1.54) is 18.2 Å². The second-order valence-electron chi connectivity index (χ2n) is 5.29. The Labute approximate surface area is 127 Å². The smallest absolute Gasteiger partial charge is 0.304 e. The van der Waals surface area contributed by atoms with E-state index in [2.05, 4.69) is 5.32 Å². The minimum atomic E-state index is -4.36. The molecule has 0 aliphatic heterocycles. The number of rotatable bonds is 4. The molecule has 0 aliphatic carbocycles. The van der Waals surface area contributed by atoms with Gasteiger partial charge in [0.1, 0.15) is 5.82 Å². The minimum Gasteiger partial charge on any atom is -0.304 e. The third-order valence-corrected chi connectivity index (χ3v) is 3.56. The van der Waals surface area contributed by atoms with Crippen LogP contribution >= 0.6 is 0 Å². The summed E-state index contributed by atoms with van der Waals surface area (Å²) in [4.78, 5) is 0. The van der Waals surface area contributed by atoms with Crippen LogP contribution in [0.5, 0.6) is 0 Å². The zero-order chi connectivity index (χ0) is 16.3. The lowest BCUT2D eigenvalue weighted by Crippen LogP contribution is -2.23. The predicted octanol–water partition coefficient (Wildman–Crippen LogP) is 5.26. The van der Waals surface area contributed by atoms with Crippen LogP contribution in [0.1, 0.15) is 42.6 Å². The first-order chi connectivity index (χ1) is 10.3. The van der Waals surface area contributed by atoms with E-state index in [0.717, 1.165) is 17.7 Å². The number of alkyl halides is 3. The highest BCUT2D eigenvalue weighted by atomic mass is 19.4. The van der Waals surface area contributed by atoms with Crippen molar-refractivity contribution in [3.63, 3.8) is 0 Å². The van der Waals surface area contributed by atoms with E-state index in [-0.39, 0.29) is 17.9 Å². The molecule has 0 fully saturated rings. The van der Waals surface area contributed by atoms with Crippen LogP contribution in [0.3, 0.4) is 0 Å². The van der Waals surface area contributed by atoms with Crippen LogP contribution in [0.15, 0.2) is 48.5 Å². The van der Waals surface area contributed by atoms with Gasteiger partial charge in [-0.15, -0.1) is 0 Å². The summed E-state index contributed by atoms with van der Waals surface area (Å²) in [5.41, 5.74) is 0.619. The molecule has 1 N–H and O–H groups in total. The number of hydrogen-bond acceptors (Lipinski definition) is 1. The quantitative estimate of drug-likeness (QED) is 0.760. The normalized spacial score (nSPS) is 14.6. The molecule has 2 atom stereocenters. The van der Waals surface area contributed by atoms with Gasteiger partial charge < -0.3 is 5.32 Å². The van der Waals surface area contributed by atoms with Gasteiger partial charge in [0.25, 0.3) is 0 Å². The maximum atomic E-state index is 13.2. The second kappa shape index (κ2) is 6.48. The van der Waals surface area contributed by atoms with Crippen LogP contribution in [0.25, 0.3) is 0 Å². The van der Waals surface area contributed by atoms with Gasteiger partial charge in [-0.3, -0.25) is 0 Å². The van der Waals surface area contributed by atoms with Gasteiger partial charge in [-0.2, -0.15) is 13.2 Å². The summed E-state index contributed by atoms with van der Waals surface area (Å²) in [6.07, 6.45) is -4.36. The summed E-state index contributed by atoms with van der Waals surface area (Å²) in [7, 11) is 0. The summed E-state index contributed by atoms with van der Waals surface area (Å²) in [5.74, 6) is -0.335. The second-order valence-corrected chi connectivity index (χ2v) is 5.29. The minimum absolute atomic E-state index is 0.180. The van der Waals surface area contributed by atoms with Crippen molar-refractivity contribution in [2.75, 3.05) is 0 Å². The number of hydrogen-bond donors (Lipinski definition) is 1. The molecule has 118 valence electrons. The zero-order valence-electron chi connectivity index (χ0n) is 12.3. The highest BCUT2D eigenvalue weighted by molar-refractivity contribution is 5.28. The Morgan fingerprint density at radius 2 is 1.41 bits per heavy atom. The van der Waals surface area contributed by atoms with Crippen LogP contribution in [0.4, 0.5) is 17.6 Å². The highest BCUT2D eigenvalue weighted by Gasteiger charge is 2.30. The lowest BCUT2D eigenvalue weighted by molar-refractivity contribution is -0.137. The van der Waals surface area contributed by atoms with Crippen molar-refractivity contribution in [3.05, 3.63) is 71.0 Å². The average molecular weight is 311 g/mol. The summed E-state index contributed by atoms with van der Waals surface area (Å²) in [6.45, 7) is 3.63. The molecule has 0 bridgehead atoms. The van der Waals surface area contributed by atoms with E-state index in [9.17, 15) is 17.6 Å². The summed E-state index contributed by atoms with van der Waals surface area (Å²) in [5, 5.41) is 3.18. The van der Waals surface area contributed by atoms with Crippen molar-refractivity contribution >= 4 is 0 Å². The zero-order valence-corrected chi connectivity index (χ0v) is 12.3. The lowest BCUT2D eigenvalue weighted by atomic mass is 10.0. The molecule has 0 aliphatic rings. The number of benzene rings is 2. The molecule has 0 saturated carbocycles. The highest BCUT2D eigenvalue weighted by Crippen LogP contribution is 2.31. The monoisotopic (exact) mass is 311 g/mol. The molecular formula is C17H17F4N. The Kier molecular flexibility index (Phi) is 4.86. The Morgan fingerprint density at radius 1 is 0.864 bits per heavy atom. The van der Waals surface area contributed by atoms with Crippen molar-refractivity contribution in [1.82, 2.24) is 5.32 Å². The molecule has 0 saturated heterocycles. The molecule has 0 radical (unpaired) electrons. The van der Waals surface area contributed by atoms with Gasteiger partial charge >= 0.3 is 6.18 Å². The Balaban J connectivity index is 2.13. The first-order valence-corrected chi connectivity index (χ1v) is 6.96. The van der Waals surface area contributed by atoms with E-state index in [0.29, 0.717) is 5.56 Å². The molecule has 0 amide bonds. The first-order valence-electron chi connectivity index (χ1n) is 6.96. The van der Waals surface area contributed by atoms with Crippen LogP contribution in [-0.2, 0) is 6.18 Å². The van der Waals surface area contributed by atoms with Crippen LogP contribution in [0, 0.1) is 5.82 Å². The molecular weight excluding hydrogens is 294 g/mol. The van der Waals surface area contributed by atoms with Crippen molar-refractivity contribution < 1.29 is 17.6 Å². The van der Waals surface area contributed by atoms with E-state index in [4.69, 9.17) is 0 Å². The SMILES string of the molecule is CC(NC(C)c1cccc(C(F)(F)F)c1)c1cccc(F)c1. The molecule has 0 spiro atoms. The number of halogens is 4. The first kappa shape index (κ1) is 16.5. The molecule has 5 heteroatoms. The third kappa shape index (κ3) is 4.07. The van der Waals surface area contributed by atoms with Gasteiger partial charge in [-0.05, 0) is 49.2 Å². The number of nitrogens with one attached hydrogen (secondary N) is 1. The molecule has 22 heavy (non-hydrogen) atoms. The topological polar surface area (TPSA) is 12.0 Å². The van der Waals surface area contributed by atoms with Crippen molar-refractivity contribution in [2.24, 2.45) is 0 Å². The molecule has 2 unspecified atom stereocenters. The standard InChI is InChI=1S/C17H17F4N/c1-11(13-5-3-7-15(9-13)17(19,20)21)22-12(2)14-6-4-8-16(18)10-14/h3-12,22H,1-2H3. The molecule has 1 nitrogen and oxygen atoms in total. The maximum absolute atomic E-state index is 13.2. The fourth-order valence-electron chi connectivity index (χ4n) is 2.33. The molecule has 0 aromatic heterocycles. The van der Waals surface area contributed by atoms with Crippen molar-refractivity contribution in [3.8, 4) is 0 Å². The van der Waals surface area contributed by atoms with E-state index < -0.39 is 11.7 Å². The summed E-state index contributed by atoms with van der Waals surface area (Å²) in [6, 6.07) is 10.9. The maximum Gasteiger partial charge on any atom is 0.416 e. The van der Waals surface area contributed by atoms with Crippen molar-refractivity contribution in [1.29, 1.82) is 0 Å². The Morgan fingerprint density at radius 3 is 1.95 bits per heavy atom. The molecule has 2 rings (SSSR count). The van der Waals surface area contributed by atoms with Crippen LogP contribution in [0.2, 0.25) is 0 Å². The Hall–Kier alpha value is -1.88. The Bertz CT molecular complexity index is 637. The summed E-state index contributed by atoms with van der Waals surface area (Å²) >= 11 is 0. The fraction of sp³-hybridized carbons (Fsp3) is 0.294. The van der Waals surface area contributed by atoms with Crippen molar-refractivity contribution in [2.45, 2.75) is 32.1 Å². The van der Waals surface area contributed by atoms with Gasteiger partial charge in [-0.1, -0.05) is 24.3 Å². The van der Waals surface area contributed by atoms with E-state index in [1.807, 2.05) is 6.92 Å². The van der Waals surface area contributed by atoms with Crippen LogP contribution in [-0.4, -0.2) is 0 Å². The van der Waals surface area contributed by atoms with Gasteiger partial charge in [-0.25, -0.2) is 4.39 Å². The largest absolute Gasteiger partial charge is 0.416 e. The van der Waals surface area contributed by atoms with E-state index in [1.54, 1.807) is 25.1 Å². The predicted molar refractivity (Wildman–Crippen MR) is 77.8 cm³/mol.